The fraction of sp³-hybridized carbons (Fsp3) is 0.267. The zero-order valence-corrected chi connectivity index (χ0v) is 10.3. The van der Waals surface area contributed by atoms with Gasteiger partial charge in [-0.05, 0) is 36.6 Å². The number of hydrogen-bond donors (Lipinski definition) is 2. The van der Waals surface area contributed by atoms with Crippen molar-refractivity contribution in [1.29, 1.82) is 0 Å². The summed E-state index contributed by atoms with van der Waals surface area (Å²) in [5.41, 5.74) is 9.72. The highest BCUT2D eigenvalue weighted by Crippen LogP contribution is 2.39. The van der Waals surface area contributed by atoms with Gasteiger partial charge in [0.2, 0.25) is 0 Å². The van der Waals surface area contributed by atoms with Gasteiger partial charge in [-0.15, -0.1) is 0 Å². The van der Waals surface area contributed by atoms with E-state index in [-0.39, 0.29) is 0 Å². The smallest absolute Gasteiger partial charge is 0.119 e. The van der Waals surface area contributed by atoms with Gasteiger partial charge >= 0.3 is 0 Å². The summed E-state index contributed by atoms with van der Waals surface area (Å²) in [5.74, 6) is 0.792. The molecule has 3 N–H and O–H groups in total. The van der Waals surface area contributed by atoms with E-state index < -0.39 is 0 Å². The van der Waals surface area contributed by atoms with Gasteiger partial charge in [-0.25, -0.2) is 0 Å². The number of aryl methyl sites for hydroxylation is 1. The molecule has 1 heterocycles. The van der Waals surface area contributed by atoms with E-state index in [1.807, 2.05) is 31.3 Å². The summed E-state index contributed by atoms with van der Waals surface area (Å²) in [4.78, 5) is 4.45. The van der Waals surface area contributed by atoms with Gasteiger partial charge < -0.3 is 10.8 Å². The third kappa shape index (κ3) is 1.97. The van der Waals surface area contributed by atoms with Crippen LogP contribution in [0.2, 0.25) is 0 Å². The Morgan fingerprint density at radius 1 is 1.28 bits per heavy atom. The molecule has 1 fully saturated rings. The van der Waals surface area contributed by atoms with Crippen LogP contribution in [-0.4, -0.2) is 16.1 Å². The van der Waals surface area contributed by atoms with Gasteiger partial charge in [0.15, 0.2) is 0 Å². The highest BCUT2D eigenvalue weighted by molar-refractivity contribution is 5.62. The highest BCUT2D eigenvalue weighted by atomic mass is 16.3. The number of nitrogens with two attached hydrogens (primary N) is 1. The first-order chi connectivity index (χ1) is 8.65. The SMILES string of the molecule is Cc1ccc(-c2ccc([C@@H]3C[C@H]3N)cn2)cc1O. The summed E-state index contributed by atoms with van der Waals surface area (Å²) >= 11 is 0. The monoisotopic (exact) mass is 240 g/mol. The summed E-state index contributed by atoms with van der Waals surface area (Å²) in [7, 11) is 0. The maximum atomic E-state index is 9.70. The number of aromatic nitrogens is 1. The molecule has 0 unspecified atom stereocenters. The molecule has 0 bridgehead atoms. The number of pyridine rings is 1. The summed E-state index contributed by atoms with van der Waals surface area (Å²) in [5, 5.41) is 9.70. The zero-order valence-electron chi connectivity index (χ0n) is 10.3. The molecule has 3 rings (SSSR count). The minimum Gasteiger partial charge on any atom is -0.508 e. The van der Waals surface area contributed by atoms with Crippen LogP contribution in [0.25, 0.3) is 11.3 Å². The third-order valence-corrected chi connectivity index (χ3v) is 3.56. The number of hydrogen-bond acceptors (Lipinski definition) is 3. The fourth-order valence-corrected chi connectivity index (χ4v) is 2.16. The molecule has 2 atom stereocenters. The Morgan fingerprint density at radius 2 is 2.06 bits per heavy atom. The zero-order chi connectivity index (χ0) is 12.7. The molecule has 1 aromatic carbocycles. The molecule has 92 valence electrons. The Kier molecular flexibility index (Phi) is 2.56. The van der Waals surface area contributed by atoms with Crippen molar-refractivity contribution in [2.45, 2.75) is 25.3 Å². The summed E-state index contributed by atoms with van der Waals surface area (Å²) in [6, 6.07) is 10.00. The van der Waals surface area contributed by atoms with Crippen molar-refractivity contribution >= 4 is 0 Å². The number of benzene rings is 1. The van der Waals surface area contributed by atoms with Crippen LogP contribution in [0.5, 0.6) is 5.75 Å². The summed E-state index contributed by atoms with van der Waals surface area (Å²) in [6.07, 6.45) is 2.95. The average Bonchev–Trinajstić information content (AvgIpc) is 3.10. The largest absolute Gasteiger partial charge is 0.508 e. The molecule has 0 saturated heterocycles. The molecule has 0 aliphatic heterocycles. The lowest BCUT2D eigenvalue weighted by molar-refractivity contribution is 0.471. The summed E-state index contributed by atoms with van der Waals surface area (Å²) in [6.45, 7) is 1.88. The molecule has 3 heteroatoms. The van der Waals surface area contributed by atoms with Crippen LogP contribution in [-0.2, 0) is 0 Å². The maximum absolute atomic E-state index is 9.70. The van der Waals surface area contributed by atoms with E-state index in [9.17, 15) is 5.11 Å². The van der Waals surface area contributed by atoms with Crippen molar-refractivity contribution in [3.8, 4) is 17.0 Å². The number of phenolic OH excluding ortho intramolecular Hbond substituents is 1. The third-order valence-electron chi connectivity index (χ3n) is 3.56. The van der Waals surface area contributed by atoms with Crippen LogP contribution in [0.3, 0.4) is 0 Å². The Labute approximate surface area is 106 Å². The molecule has 2 aromatic rings. The van der Waals surface area contributed by atoms with Crippen LogP contribution in [0.1, 0.15) is 23.5 Å². The first-order valence-corrected chi connectivity index (χ1v) is 6.16. The molecule has 18 heavy (non-hydrogen) atoms. The van der Waals surface area contributed by atoms with Crippen molar-refractivity contribution < 1.29 is 5.11 Å². The van der Waals surface area contributed by atoms with E-state index in [0.717, 1.165) is 23.2 Å². The number of rotatable bonds is 2. The second kappa shape index (κ2) is 4.10. The Balaban J connectivity index is 1.89. The fourth-order valence-electron chi connectivity index (χ4n) is 2.16. The molecule has 1 aliphatic carbocycles. The van der Waals surface area contributed by atoms with Crippen molar-refractivity contribution in [3.63, 3.8) is 0 Å². The number of nitrogens with zero attached hydrogens (tertiary/aromatic N) is 1. The van der Waals surface area contributed by atoms with Crippen molar-refractivity contribution in [3.05, 3.63) is 47.7 Å². The molecule has 1 aromatic heterocycles. The van der Waals surface area contributed by atoms with E-state index in [1.54, 1.807) is 6.07 Å². The molecule has 1 aliphatic rings. The van der Waals surface area contributed by atoms with Gasteiger partial charge in [-0.2, -0.15) is 0 Å². The Hall–Kier alpha value is -1.87. The van der Waals surface area contributed by atoms with Gasteiger partial charge in [-0.3, -0.25) is 4.98 Å². The second-order valence-electron chi connectivity index (χ2n) is 4.98. The van der Waals surface area contributed by atoms with Crippen molar-refractivity contribution in [1.82, 2.24) is 4.98 Å². The van der Waals surface area contributed by atoms with Crippen LogP contribution in [0.15, 0.2) is 36.5 Å². The predicted molar refractivity (Wildman–Crippen MR) is 71.4 cm³/mol. The first kappa shape index (κ1) is 11.2. The van der Waals surface area contributed by atoms with E-state index in [1.165, 1.54) is 5.56 Å². The molecular formula is C15H16N2O. The lowest BCUT2D eigenvalue weighted by atomic mass is 10.1. The van der Waals surface area contributed by atoms with Crippen LogP contribution < -0.4 is 5.73 Å². The van der Waals surface area contributed by atoms with Crippen molar-refractivity contribution in [2.75, 3.05) is 0 Å². The maximum Gasteiger partial charge on any atom is 0.119 e. The predicted octanol–water partition coefficient (Wildman–Crippen LogP) is 2.58. The van der Waals surface area contributed by atoms with Crippen molar-refractivity contribution in [2.24, 2.45) is 5.73 Å². The standard InChI is InChI=1S/C15H16N2O/c1-9-2-3-10(6-15(9)18)14-5-4-11(8-17-14)12-7-13(12)16/h2-6,8,12-13,18H,7,16H2,1H3/t12-,13+/m0/s1. The van der Waals surface area contributed by atoms with E-state index in [2.05, 4.69) is 11.1 Å². The van der Waals surface area contributed by atoms with E-state index in [4.69, 9.17) is 5.73 Å². The molecule has 0 radical (unpaired) electrons. The van der Waals surface area contributed by atoms with Crippen LogP contribution in [0, 0.1) is 6.92 Å². The quantitative estimate of drug-likeness (QED) is 0.848. The number of phenols is 1. The van der Waals surface area contributed by atoms with Gasteiger partial charge in [0.1, 0.15) is 5.75 Å². The normalized spacial score (nSPS) is 21.9. The first-order valence-electron chi connectivity index (χ1n) is 6.16. The lowest BCUT2D eigenvalue weighted by Gasteiger charge is -2.05. The molecular weight excluding hydrogens is 224 g/mol. The van der Waals surface area contributed by atoms with E-state index >= 15 is 0 Å². The van der Waals surface area contributed by atoms with Gasteiger partial charge in [0.05, 0.1) is 5.69 Å². The second-order valence-corrected chi connectivity index (χ2v) is 4.98. The molecule has 0 spiro atoms. The van der Waals surface area contributed by atoms with Gasteiger partial charge in [-0.1, -0.05) is 18.2 Å². The Morgan fingerprint density at radius 3 is 2.61 bits per heavy atom. The summed E-state index contributed by atoms with van der Waals surface area (Å²) < 4.78 is 0. The lowest BCUT2D eigenvalue weighted by Crippen LogP contribution is -2.01. The number of aromatic hydroxyl groups is 1. The highest BCUT2D eigenvalue weighted by Gasteiger charge is 2.34. The van der Waals surface area contributed by atoms with Crippen LogP contribution in [0.4, 0.5) is 0 Å². The Bertz CT molecular complexity index is 578. The molecule has 3 nitrogen and oxygen atoms in total. The minimum absolute atomic E-state index is 0.307. The van der Waals surface area contributed by atoms with Gasteiger partial charge in [0, 0.05) is 23.7 Å². The molecule has 1 saturated carbocycles. The minimum atomic E-state index is 0.307. The molecule has 0 amide bonds. The average molecular weight is 240 g/mol. The van der Waals surface area contributed by atoms with E-state index in [0.29, 0.717) is 17.7 Å². The van der Waals surface area contributed by atoms with Crippen LogP contribution >= 0.6 is 0 Å². The van der Waals surface area contributed by atoms with Gasteiger partial charge in [0.25, 0.3) is 0 Å². The topological polar surface area (TPSA) is 59.1 Å².